The second-order valence-electron chi connectivity index (χ2n) is 5.79. The fourth-order valence-corrected chi connectivity index (χ4v) is 3.08. The molecule has 3 nitrogen and oxygen atoms in total. The van der Waals surface area contributed by atoms with Gasteiger partial charge in [-0.3, -0.25) is 4.98 Å². The van der Waals surface area contributed by atoms with E-state index < -0.39 is 0 Å². The Labute approximate surface area is 126 Å². The zero-order valence-electron chi connectivity index (χ0n) is 12.7. The molecule has 112 valence electrons. The molecule has 1 aromatic carbocycles. The van der Waals surface area contributed by atoms with Gasteiger partial charge in [0.25, 0.3) is 0 Å². The molecule has 1 fully saturated rings. The lowest BCUT2D eigenvalue weighted by atomic mass is 9.94. The fraction of sp³-hybridized carbons (Fsp3) is 0.500. The summed E-state index contributed by atoms with van der Waals surface area (Å²) in [6, 6.07) is 11.0. The number of fused-ring (bicyclic) bond motifs is 1. The Morgan fingerprint density at radius 3 is 3.10 bits per heavy atom. The van der Waals surface area contributed by atoms with E-state index in [4.69, 9.17) is 4.74 Å². The zero-order chi connectivity index (χ0) is 14.5. The van der Waals surface area contributed by atoms with Crippen LogP contribution in [0.1, 0.15) is 44.2 Å². The monoisotopic (exact) mass is 284 g/mol. The smallest absolute Gasteiger partial charge is 0.0769 e. The number of nitrogens with one attached hydrogen (secondary N) is 1. The highest BCUT2D eigenvalue weighted by Gasteiger charge is 2.25. The highest BCUT2D eigenvalue weighted by molar-refractivity contribution is 5.79. The summed E-state index contributed by atoms with van der Waals surface area (Å²) in [6.07, 6.45) is 6.88. The van der Waals surface area contributed by atoms with E-state index in [0.717, 1.165) is 31.5 Å². The van der Waals surface area contributed by atoms with Gasteiger partial charge in [0.1, 0.15) is 0 Å². The molecule has 2 atom stereocenters. The first-order valence-corrected chi connectivity index (χ1v) is 8.08. The van der Waals surface area contributed by atoms with E-state index in [-0.39, 0.29) is 6.04 Å². The average molecular weight is 284 g/mol. The summed E-state index contributed by atoms with van der Waals surface area (Å²) in [7, 11) is 0. The van der Waals surface area contributed by atoms with Crippen molar-refractivity contribution in [1.82, 2.24) is 10.3 Å². The third kappa shape index (κ3) is 3.42. The van der Waals surface area contributed by atoms with E-state index in [2.05, 4.69) is 41.5 Å². The van der Waals surface area contributed by atoms with Crippen molar-refractivity contribution < 1.29 is 4.74 Å². The summed E-state index contributed by atoms with van der Waals surface area (Å²) in [4.78, 5) is 4.40. The molecule has 0 aliphatic carbocycles. The molecule has 0 amide bonds. The van der Waals surface area contributed by atoms with Gasteiger partial charge in [-0.2, -0.15) is 0 Å². The van der Waals surface area contributed by atoms with Crippen molar-refractivity contribution in [2.75, 3.05) is 13.2 Å². The van der Waals surface area contributed by atoms with Crippen LogP contribution in [0.15, 0.2) is 36.5 Å². The Kier molecular flexibility index (Phi) is 4.84. The maximum absolute atomic E-state index is 6.03. The molecule has 0 bridgehead atoms. The normalized spacial score (nSPS) is 20.5. The number of benzene rings is 1. The first-order chi connectivity index (χ1) is 10.4. The van der Waals surface area contributed by atoms with Crippen molar-refractivity contribution >= 4 is 10.9 Å². The minimum atomic E-state index is 0.287. The third-order valence-corrected chi connectivity index (χ3v) is 4.19. The van der Waals surface area contributed by atoms with E-state index >= 15 is 0 Å². The van der Waals surface area contributed by atoms with Gasteiger partial charge in [0.2, 0.25) is 0 Å². The van der Waals surface area contributed by atoms with Gasteiger partial charge in [0.05, 0.1) is 17.7 Å². The summed E-state index contributed by atoms with van der Waals surface area (Å²) < 4.78 is 6.03. The quantitative estimate of drug-likeness (QED) is 0.905. The maximum Gasteiger partial charge on any atom is 0.0769 e. The van der Waals surface area contributed by atoms with Gasteiger partial charge in [0, 0.05) is 18.2 Å². The van der Waals surface area contributed by atoms with E-state index in [9.17, 15) is 0 Å². The van der Waals surface area contributed by atoms with Gasteiger partial charge < -0.3 is 10.1 Å². The van der Waals surface area contributed by atoms with Crippen LogP contribution >= 0.6 is 0 Å². The molecular weight excluding hydrogens is 260 g/mol. The summed E-state index contributed by atoms with van der Waals surface area (Å²) in [5, 5.41) is 4.88. The van der Waals surface area contributed by atoms with Crippen molar-refractivity contribution in [2.24, 2.45) is 0 Å². The van der Waals surface area contributed by atoms with E-state index in [1.807, 2.05) is 12.3 Å². The zero-order valence-corrected chi connectivity index (χ0v) is 12.7. The molecule has 1 aliphatic heterocycles. The van der Waals surface area contributed by atoms with Crippen LogP contribution < -0.4 is 5.32 Å². The number of hydrogen-bond acceptors (Lipinski definition) is 3. The lowest BCUT2D eigenvalue weighted by Crippen LogP contribution is -2.36. The van der Waals surface area contributed by atoms with Crippen LogP contribution in [0.2, 0.25) is 0 Å². The molecule has 1 aliphatic rings. The average Bonchev–Trinajstić information content (AvgIpc) is 2.56. The standard InChI is InChI=1S/C18H24N2O/c1-2-10-20-18(17-7-3-4-12-21-17)15-8-9-16-14(13-15)6-5-11-19-16/h5-6,8-9,11,13,17-18,20H,2-4,7,10,12H2,1H3. The summed E-state index contributed by atoms with van der Waals surface area (Å²) >= 11 is 0. The van der Waals surface area contributed by atoms with Crippen LogP contribution in [-0.4, -0.2) is 24.2 Å². The topological polar surface area (TPSA) is 34.2 Å². The lowest BCUT2D eigenvalue weighted by molar-refractivity contribution is -0.00812. The third-order valence-electron chi connectivity index (χ3n) is 4.19. The number of rotatable bonds is 5. The van der Waals surface area contributed by atoms with Crippen molar-refractivity contribution in [3.8, 4) is 0 Å². The van der Waals surface area contributed by atoms with Gasteiger partial charge in [-0.05, 0) is 56.0 Å². The van der Waals surface area contributed by atoms with E-state index in [0.29, 0.717) is 6.10 Å². The second kappa shape index (κ2) is 7.01. The van der Waals surface area contributed by atoms with Crippen molar-refractivity contribution in [1.29, 1.82) is 0 Å². The number of hydrogen-bond donors (Lipinski definition) is 1. The SMILES string of the molecule is CCCNC(c1ccc2ncccc2c1)C1CCCCO1. The van der Waals surface area contributed by atoms with Crippen LogP contribution in [0.4, 0.5) is 0 Å². The fourth-order valence-electron chi connectivity index (χ4n) is 3.08. The number of nitrogens with zero attached hydrogens (tertiary/aromatic N) is 1. The minimum Gasteiger partial charge on any atom is -0.376 e. The van der Waals surface area contributed by atoms with Crippen LogP contribution in [0.3, 0.4) is 0 Å². The highest BCUT2D eigenvalue weighted by Crippen LogP contribution is 2.28. The molecular formula is C18H24N2O. The Morgan fingerprint density at radius 2 is 2.29 bits per heavy atom. The molecule has 0 saturated carbocycles. The molecule has 1 N–H and O–H groups in total. The molecule has 1 aromatic heterocycles. The van der Waals surface area contributed by atoms with Crippen LogP contribution in [-0.2, 0) is 4.74 Å². The molecule has 3 rings (SSSR count). The summed E-state index contributed by atoms with van der Waals surface area (Å²) in [5.74, 6) is 0. The van der Waals surface area contributed by atoms with Crippen LogP contribution in [0.25, 0.3) is 10.9 Å². The minimum absolute atomic E-state index is 0.287. The predicted octanol–water partition coefficient (Wildman–Crippen LogP) is 3.84. The molecule has 21 heavy (non-hydrogen) atoms. The molecule has 1 saturated heterocycles. The van der Waals surface area contributed by atoms with Gasteiger partial charge in [-0.15, -0.1) is 0 Å². The largest absolute Gasteiger partial charge is 0.376 e. The van der Waals surface area contributed by atoms with E-state index in [1.54, 1.807) is 0 Å². The van der Waals surface area contributed by atoms with Crippen molar-refractivity contribution in [3.05, 3.63) is 42.1 Å². The van der Waals surface area contributed by atoms with Gasteiger partial charge in [-0.25, -0.2) is 0 Å². The number of pyridine rings is 1. The molecule has 0 radical (unpaired) electrons. The molecule has 3 heteroatoms. The van der Waals surface area contributed by atoms with Gasteiger partial charge in [-0.1, -0.05) is 19.1 Å². The van der Waals surface area contributed by atoms with Gasteiger partial charge >= 0.3 is 0 Å². The summed E-state index contributed by atoms with van der Waals surface area (Å²) in [5.41, 5.74) is 2.37. The second-order valence-corrected chi connectivity index (χ2v) is 5.79. The summed E-state index contributed by atoms with van der Waals surface area (Å²) in [6.45, 7) is 4.12. The van der Waals surface area contributed by atoms with E-state index in [1.165, 1.54) is 23.8 Å². The first kappa shape index (κ1) is 14.5. The van der Waals surface area contributed by atoms with Crippen molar-refractivity contribution in [2.45, 2.75) is 44.8 Å². The van der Waals surface area contributed by atoms with Crippen LogP contribution in [0, 0.1) is 0 Å². The Hall–Kier alpha value is -1.45. The number of aromatic nitrogens is 1. The predicted molar refractivity (Wildman–Crippen MR) is 86.4 cm³/mol. The number of ether oxygens (including phenoxy) is 1. The highest BCUT2D eigenvalue weighted by atomic mass is 16.5. The Bertz CT molecular complexity index is 578. The first-order valence-electron chi connectivity index (χ1n) is 8.08. The Morgan fingerprint density at radius 1 is 1.33 bits per heavy atom. The molecule has 2 unspecified atom stereocenters. The van der Waals surface area contributed by atoms with Gasteiger partial charge in [0.15, 0.2) is 0 Å². The molecule has 0 spiro atoms. The van der Waals surface area contributed by atoms with Crippen molar-refractivity contribution in [3.63, 3.8) is 0 Å². The van der Waals surface area contributed by atoms with Crippen LogP contribution in [0.5, 0.6) is 0 Å². The lowest BCUT2D eigenvalue weighted by Gasteiger charge is -2.31. The molecule has 2 aromatic rings. The molecule has 2 heterocycles. The maximum atomic E-state index is 6.03. The Balaban J connectivity index is 1.88.